The normalized spacial score (nSPS) is 11.7. The molecular weight excluding hydrogens is 162 g/mol. The molecule has 0 aliphatic carbocycles. The van der Waals surface area contributed by atoms with Crippen molar-refractivity contribution in [3.8, 4) is 0 Å². The Hall–Kier alpha value is -1.05. The number of hydrogen-bond acceptors (Lipinski definition) is 1. The average molecular weight is 179 g/mol. The molecule has 0 N–H and O–H groups in total. The van der Waals surface area contributed by atoms with Crippen LogP contribution in [0.3, 0.4) is 0 Å². The Morgan fingerprint density at radius 1 is 1.46 bits per heavy atom. The van der Waals surface area contributed by atoms with Crippen molar-refractivity contribution in [2.75, 3.05) is 0 Å². The summed E-state index contributed by atoms with van der Waals surface area (Å²) in [6.45, 7) is 8.98. The van der Waals surface area contributed by atoms with Crippen LogP contribution in [0.2, 0.25) is 0 Å². The summed E-state index contributed by atoms with van der Waals surface area (Å²) in [5, 5.41) is 0. The third-order valence-electron chi connectivity index (χ3n) is 1.83. The highest BCUT2D eigenvalue weighted by Gasteiger charge is 2.14. The molecule has 0 fully saturated rings. The Balaban J connectivity index is 2.89. The Morgan fingerprint density at radius 2 is 2.08 bits per heavy atom. The van der Waals surface area contributed by atoms with Crippen molar-refractivity contribution in [2.24, 2.45) is 5.41 Å². The molecule has 0 aromatic carbocycles. The smallest absolute Gasteiger partial charge is 0.176 e. The monoisotopic (exact) mass is 179 g/mol. The SMILES string of the molecule is CC(=O)c1cccn1CC(C)(C)C. The largest absolute Gasteiger partial charge is 0.345 e. The number of hydrogen-bond donors (Lipinski definition) is 0. The van der Waals surface area contributed by atoms with Crippen molar-refractivity contribution in [2.45, 2.75) is 34.2 Å². The molecule has 0 atom stereocenters. The van der Waals surface area contributed by atoms with Crippen LogP contribution in [-0.4, -0.2) is 10.4 Å². The van der Waals surface area contributed by atoms with Crippen molar-refractivity contribution >= 4 is 5.78 Å². The molecular formula is C11H17NO. The molecule has 72 valence electrons. The van der Waals surface area contributed by atoms with Gasteiger partial charge < -0.3 is 4.57 Å². The number of ketones is 1. The summed E-state index contributed by atoms with van der Waals surface area (Å²) < 4.78 is 2.02. The van der Waals surface area contributed by atoms with E-state index in [1.165, 1.54) is 0 Å². The summed E-state index contributed by atoms with van der Waals surface area (Å²) >= 11 is 0. The van der Waals surface area contributed by atoms with Crippen LogP contribution < -0.4 is 0 Å². The highest BCUT2D eigenvalue weighted by Crippen LogP contribution is 2.18. The van der Waals surface area contributed by atoms with Crippen molar-refractivity contribution in [1.82, 2.24) is 4.57 Å². The third-order valence-corrected chi connectivity index (χ3v) is 1.83. The molecule has 13 heavy (non-hydrogen) atoms. The maximum atomic E-state index is 11.2. The molecule has 0 aliphatic heterocycles. The molecule has 2 heteroatoms. The Bertz CT molecular complexity index is 304. The molecule has 0 saturated carbocycles. The Labute approximate surface area is 79.6 Å². The van der Waals surface area contributed by atoms with E-state index in [0.717, 1.165) is 12.2 Å². The molecule has 0 saturated heterocycles. The van der Waals surface area contributed by atoms with Crippen molar-refractivity contribution < 1.29 is 4.79 Å². The zero-order valence-electron chi connectivity index (χ0n) is 8.79. The van der Waals surface area contributed by atoms with Gasteiger partial charge in [0.05, 0.1) is 5.69 Å². The van der Waals surface area contributed by atoms with Gasteiger partial charge in [0.15, 0.2) is 5.78 Å². The van der Waals surface area contributed by atoms with Gasteiger partial charge in [-0.25, -0.2) is 0 Å². The molecule has 2 nitrogen and oxygen atoms in total. The number of Topliss-reactive ketones (excluding diaryl/α,β-unsaturated/α-hetero) is 1. The van der Waals surface area contributed by atoms with Gasteiger partial charge in [0.2, 0.25) is 0 Å². The molecule has 0 unspecified atom stereocenters. The van der Waals surface area contributed by atoms with Crippen LogP contribution in [0.4, 0.5) is 0 Å². The first kappa shape index (κ1) is 10.0. The predicted molar refractivity (Wildman–Crippen MR) is 53.9 cm³/mol. The maximum absolute atomic E-state index is 11.2. The van der Waals surface area contributed by atoms with Gasteiger partial charge in [0.25, 0.3) is 0 Å². The second-order valence-corrected chi connectivity index (χ2v) is 4.64. The molecule has 0 bridgehead atoms. The first-order chi connectivity index (χ1) is 5.90. The van der Waals surface area contributed by atoms with E-state index in [1.807, 2.05) is 22.9 Å². The average Bonchev–Trinajstić information content (AvgIpc) is 2.31. The van der Waals surface area contributed by atoms with E-state index in [-0.39, 0.29) is 11.2 Å². The lowest BCUT2D eigenvalue weighted by Crippen LogP contribution is -2.17. The number of carbonyl (C=O) groups is 1. The summed E-state index contributed by atoms with van der Waals surface area (Å²) in [6, 6.07) is 3.79. The summed E-state index contributed by atoms with van der Waals surface area (Å²) in [5.41, 5.74) is 1.01. The van der Waals surface area contributed by atoms with E-state index in [1.54, 1.807) is 6.92 Å². The minimum Gasteiger partial charge on any atom is -0.345 e. The van der Waals surface area contributed by atoms with Crippen LogP contribution in [0.15, 0.2) is 18.3 Å². The summed E-state index contributed by atoms with van der Waals surface area (Å²) in [7, 11) is 0. The molecule has 0 spiro atoms. The molecule has 0 amide bonds. The van der Waals surface area contributed by atoms with E-state index < -0.39 is 0 Å². The predicted octanol–water partition coefficient (Wildman–Crippen LogP) is 2.74. The van der Waals surface area contributed by atoms with E-state index >= 15 is 0 Å². The van der Waals surface area contributed by atoms with Gasteiger partial charge in [0.1, 0.15) is 0 Å². The van der Waals surface area contributed by atoms with Crippen molar-refractivity contribution in [3.05, 3.63) is 24.0 Å². The molecule has 1 heterocycles. The van der Waals surface area contributed by atoms with E-state index in [4.69, 9.17) is 0 Å². The van der Waals surface area contributed by atoms with Crippen LogP contribution in [0.1, 0.15) is 38.2 Å². The standard InChI is InChI=1S/C11H17NO/c1-9(13)10-6-5-7-12(10)8-11(2,3)4/h5-7H,8H2,1-4H3. The third kappa shape index (κ3) is 2.72. The fraction of sp³-hybridized carbons (Fsp3) is 0.545. The van der Waals surface area contributed by atoms with E-state index in [2.05, 4.69) is 20.8 Å². The minimum absolute atomic E-state index is 0.134. The first-order valence-corrected chi connectivity index (χ1v) is 4.56. The van der Waals surface area contributed by atoms with Crippen LogP contribution in [0.25, 0.3) is 0 Å². The summed E-state index contributed by atoms with van der Waals surface area (Å²) in [5.74, 6) is 0.134. The number of nitrogens with zero attached hydrogens (tertiary/aromatic N) is 1. The van der Waals surface area contributed by atoms with Crippen LogP contribution in [-0.2, 0) is 6.54 Å². The number of aromatic nitrogens is 1. The van der Waals surface area contributed by atoms with Gasteiger partial charge in [-0.3, -0.25) is 4.79 Å². The Morgan fingerprint density at radius 3 is 2.54 bits per heavy atom. The number of carbonyl (C=O) groups excluding carboxylic acids is 1. The summed E-state index contributed by atoms with van der Waals surface area (Å²) in [4.78, 5) is 11.2. The topological polar surface area (TPSA) is 22.0 Å². The summed E-state index contributed by atoms with van der Waals surface area (Å²) in [6.07, 6.45) is 1.96. The Kier molecular flexibility index (Phi) is 2.60. The second kappa shape index (κ2) is 3.36. The van der Waals surface area contributed by atoms with Gasteiger partial charge in [-0.05, 0) is 17.5 Å². The second-order valence-electron chi connectivity index (χ2n) is 4.64. The highest BCUT2D eigenvalue weighted by atomic mass is 16.1. The fourth-order valence-corrected chi connectivity index (χ4v) is 1.38. The molecule has 0 radical (unpaired) electrons. The van der Waals surface area contributed by atoms with Gasteiger partial charge in [0, 0.05) is 19.7 Å². The molecule has 1 aromatic rings. The fourth-order valence-electron chi connectivity index (χ4n) is 1.38. The zero-order chi connectivity index (χ0) is 10.1. The zero-order valence-corrected chi connectivity index (χ0v) is 8.79. The quantitative estimate of drug-likeness (QED) is 0.640. The number of rotatable bonds is 2. The van der Waals surface area contributed by atoms with Crippen molar-refractivity contribution in [1.29, 1.82) is 0 Å². The van der Waals surface area contributed by atoms with E-state index in [9.17, 15) is 4.79 Å². The minimum atomic E-state index is 0.134. The lowest BCUT2D eigenvalue weighted by molar-refractivity contribution is 0.100. The lowest BCUT2D eigenvalue weighted by atomic mass is 9.97. The van der Waals surface area contributed by atoms with Crippen LogP contribution >= 0.6 is 0 Å². The molecule has 1 aromatic heterocycles. The van der Waals surface area contributed by atoms with Crippen molar-refractivity contribution in [3.63, 3.8) is 0 Å². The van der Waals surface area contributed by atoms with Gasteiger partial charge >= 0.3 is 0 Å². The molecule has 0 aliphatic rings. The lowest BCUT2D eigenvalue weighted by Gasteiger charge is -2.20. The van der Waals surface area contributed by atoms with Gasteiger partial charge in [-0.15, -0.1) is 0 Å². The van der Waals surface area contributed by atoms with E-state index in [0.29, 0.717) is 0 Å². The molecule has 1 rings (SSSR count). The maximum Gasteiger partial charge on any atom is 0.176 e. The first-order valence-electron chi connectivity index (χ1n) is 4.56. The highest BCUT2D eigenvalue weighted by molar-refractivity contribution is 5.92. The van der Waals surface area contributed by atoms with Crippen LogP contribution in [0.5, 0.6) is 0 Å². The van der Waals surface area contributed by atoms with Gasteiger partial charge in [-0.2, -0.15) is 0 Å². The van der Waals surface area contributed by atoms with Gasteiger partial charge in [-0.1, -0.05) is 20.8 Å². The van der Waals surface area contributed by atoms with Crippen LogP contribution in [0, 0.1) is 5.41 Å².